The molecule has 2 aromatic heterocycles. The zero-order valence-corrected chi connectivity index (χ0v) is 17.2. The maximum atomic E-state index is 12.6. The number of H-pyrrole nitrogens is 1. The van der Waals surface area contributed by atoms with Crippen molar-refractivity contribution < 1.29 is 5.11 Å². The Hall–Kier alpha value is -3.16. The Labute approximate surface area is 178 Å². The van der Waals surface area contributed by atoms with Gasteiger partial charge in [0, 0.05) is 36.7 Å². The summed E-state index contributed by atoms with van der Waals surface area (Å²) in [4.78, 5) is 26.8. The second-order valence-electron chi connectivity index (χ2n) is 7.49. The third kappa shape index (κ3) is 3.81. The third-order valence-electron chi connectivity index (χ3n) is 5.47. The van der Waals surface area contributed by atoms with Gasteiger partial charge in [0.25, 0.3) is 5.56 Å². The summed E-state index contributed by atoms with van der Waals surface area (Å²) < 4.78 is 0. The van der Waals surface area contributed by atoms with Gasteiger partial charge in [-0.15, -0.1) is 11.3 Å². The van der Waals surface area contributed by atoms with Crippen molar-refractivity contribution >= 4 is 27.2 Å². The molecule has 0 bridgehead atoms. The predicted molar refractivity (Wildman–Crippen MR) is 121 cm³/mol. The number of hydrogen-bond donors (Lipinski definition) is 2. The fourth-order valence-electron chi connectivity index (χ4n) is 3.84. The number of nitrogens with zero attached hydrogens (tertiary/aromatic N) is 3. The molecule has 0 amide bonds. The van der Waals surface area contributed by atoms with E-state index < -0.39 is 0 Å². The predicted octanol–water partition coefficient (Wildman–Crippen LogP) is 3.68. The lowest BCUT2D eigenvalue weighted by molar-refractivity contribution is 0.244. The van der Waals surface area contributed by atoms with Gasteiger partial charge in [-0.3, -0.25) is 9.69 Å². The minimum atomic E-state index is -0.0730. The van der Waals surface area contributed by atoms with E-state index in [4.69, 9.17) is 4.98 Å². The number of aromatic nitrogens is 2. The number of benzene rings is 2. The molecule has 0 radical (unpaired) electrons. The van der Waals surface area contributed by atoms with E-state index in [1.807, 2.05) is 48.5 Å². The standard InChI is InChI=1S/C23H22N4O2S/c28-18-8-6-17(7-9-18)27-12-10-26(11-13-27)15-21-24-22(29)19-14-20(30-23(19)25-21)16-4-2-1-3-5-16/h1-9,14,28H,10-13,15H2,(H,24,25,29). The van der Waals surface area contributed by atoms with Crippen molar-refractivity contribution in [3.05, 3.63) is 76.8 Å². The van der Waals surface area contributed by atoms with Crippen molar-refractivity contribution in [2.75, 3.05) is 31.1 Å². The second-order valence-corrected chi connectivity index (χ2v) is 8.52. The molecule has 2 aromatic carbocycles. The van der Waals surface area contributed by atoms with Crippen LogP contribution in [0.3, 0.4) is 0 Å². The first-order valence-corrected chi connectivity index (χ1v) is 10.8. The number of hydrogen-bond acceptors (Lipinski definition) is 6. The number of nitrogens with one attached hydrogen (secondary N) is 1. The summed E-state index contributed by atoms with van der Waals surface area (Å²) in [6.45, 7) is 4.21. The number of piperazine rings is 1. The van der Waals surface area contributed by atoms with Gasteiger partial charge in [-0.2, -0.15) is 0 Å². The molecule has 7 heteroatoms. The first-order valence-electron chi connectivity index (χ1n) is 10.0. The highest BCUT2D eigenvalue weighted by Gasteiger charge is 2.19. The fourth-order valence-corrected chi connectivity index (χ4v) is 4.89. The molecule has 0 saturated carbocycles. The molecule has 152 valence electrons. The Morgan fingerprint density at radius 2 is 1.73 bits per heavy atom. The molecule has 1 aliphatic heterocycles. The quantitative estimate of drug-likeness (QED) is 0.529. The summed E-state index contributed by atoms with van der Waals surface area (Å²) in [5.74, 6) is 0.999. The number of aromatic hydroxyl groups is 1. The molecule has 6 nitrogen and oxygen atoms in total. The molecule has 3 heterocycles. The smallest absolute Gasteiger partial charge is 0.259 e. The number of anilines is 1. The van der Waals surface area contributed by atoms with E-state index in [1.165, 1.54) is 0 Å². The van der Waals surface area contributed by atoms with Crippen LogP contribution in [0.25, 0.3) is 20.7 Å². The Morgan fingerprint density at radius 3 is 2.47 bits per heavy atom. The lowest BCUT2D eigenvalue weighted by atomic mass is 10.2. The first-order chi connectivity index (χ1) is 14.7. The van der Waals surface area contributed by atoms with Crippen molar-refractivity contribution in [2.45, 2.75) is 6.54 Å². The van der Waals surface area contributed by atoms with Crippen LogP contribution in [0, 0.1) is 0 Å². The maximum Gasteiger partial charge on any atom is 0.259 e. The number of thiophene rings is 1. The summed E-state index contributed by atoms with van der Waals surface area (Å²) in [6, 6.07) is 19.3. The van der Waals surface area contributed by atoms with Gasteiger partial charge in [0.15, 0.2) is 0 Å². The van der Waals surface area contributed by atoms with Crippen LogP contribution >= 0.6 is 11.3 Å². The van der Waals surface area contributed by atoms with Crippen molar-refractivity contribution in [1.29, 1.82) is 0 Å². The molecule has 0 atom stereocenters. The van der Waals surface area contributed by atoms with E-state index in [9.17, 15) is 9.90 Å². The van der Waals surface area contributed by atoms with Crippen LogP contribution in [0.4, 0.5) is 5.69 Å². The highest BCUT2D eigenvalue weighted by Crippen LogP contribution is 2.30. The molecule has 5 rings (SSSR count). The second kappa shape index (κ2) is 7.93. The van der Waals surface area contributed by atoms with Crippen molar-refractivity contribution in [3.8, 4) is 16.2 Å². The molecule has 2 N–H and O–H groups in total. The van der Waals surface area contributed by atoms with Crippen molar-refractivity contribution in [2.24, 2.45) is 0 Å². The molecular formula is C23H22N4O2S. The van der Waals surface area contributed by atoms with Gasteiger partial charge in [-0.25, -0.2) is 4.98 Å². The van der Waals surface area contributed by atoms with Gasteiger partial charge in [-0.05, 0) is 35.9 Å². The Morgan fingerprint density at radius 1 is 1.00 bits per heavy atom. The summed E-state index contributed by atoms with van der Waals surface area (Å²) >= 11 is 1.56. The normalized spacial score (nSPS) is 15.0. The third-order valence-corrected chi connectivity index (χ3v) is 6.55. The van der Waals surface area contributed by atoms with Crippen LogP contribution in [0.2, 0.25) is 0 Å². The van der Waals surface area contributed by atoms with Crippen LogP contribution in [0.5, 0.6) is 5.75 Å². The van der Waals surface area contributed by atoms with E-state index in [1.54, 1.807) is 23.5 Å². The number of rotatable bonds is 4. The number of phenolic OH excluding ortho intramolecular Hbond substituents is 1. The lowest BCUT2D eigenvalue weighted by Crippen LogP contribution is -2.46. The van der Waals surface area contributed by atoms with Crippen LogP contribution in [0.15, 0.2) is 65.5 Å². The minimum Gasteiger partial charge on any atom is -0.508 e. The monoisotopic (exact) mass is 418 g/mol. The molecule has 4 aromatic rings. The van der Waals surface area contributed by atoms with Gasteiger partial charge in [0.05, 0.1) is 11.9 Å². The van der Waals surface area contributed by atoms with E-state index in [0.717, 1.165) is 47.1 Å². The highest BCUT2D eigenvalue weighted by molar-refractivity contribution is 7.21. The Bertz CT molecular complexity index is 1210. The molecule has 1 saturated heterocycles. The van der Waals surface area contributed by atoms with Crippen LogP contribution in [0.1, 0.15) is 5.82 Å². The fraction of sp³-hybridized carbons (Fsp3) is 0.217. The van der Waals surface area contributed by atoms with E-state index in [0.29, 0.717) is 17.8 Å². The van der Waals surface area contributed by atoms with E-state index >= 15 is 0 Å². The van der Waals surface area contributed by atoms with Gasteiger partial charge in [0.1, 0.15) is 16.4 Å². The van der Waals surface area contributed by atoms with Gasteiger partial charge in [-0.1, -0.05) is 30.3 Å². The SMILES string of the molecule is O=c1[nH]c(CN2CCN(c3ccc(O)cc3)CC2)nc2sc(-c3ccccc3)cc12. The average Bonchev–Trinajstić information content (AvgIpc) is 3.20. The summed E-state index contributed by atoms with van der Waals surface area (Å²) in [5.41, 5.74) is 2.15. The number of fused-ring (bicyclic) bond motifs is 1. The largest absolute Gasteiger partial charge is 0.508 e. The lowest BCUT2D eigenvalue weighted by Gasteiger charge is -2.35. The molecule has 0 unspecified atom stereocenters. The van der Waals surface area contributed by atoms with Crippen LogP contribution in [-0.2, 0) is 6.54 Å². The highest BCUT2D eigenvalue weighted by atomic mass is 32.1. The zero-order chi connectivity index (χ0) is 20.5. The average molecular weight is 419 g/mol. The summed E-state index contributed by atoms with van der Waals surface area (Å²) in [7, 11) is 0. The topological polar surface area (TPSA) is 72.5 Å². The zero-order valence-electron chi connectivity index (χ0n) is 16.4. The van der Waals surface area contributed by atoms with E-state index in [-0.39, 0.29) is 11.3 Å². The van der Waals surface area contributed by atoms with Gasteiger partial charge in [0.2, 0.25) is 0 Å². The molecule has 1 aliphatic rings. The maximum absolute atomic E-state index is 12.6. The van der Waals surface area contributed by atoms with Gasteiger partial charge >= 0.3 is 0 Å². The molecular weight excluding hydrogens is 396 g/mol. The Balaban J connectivity index is 1.30. The number of phenols is 1. The molecule has 0 spiro atoms. The van der Waals surface area contributed by atoms with Crippen molar-refractivity contribution in [3.63, 3.8) is 0 Å². The minimum absolute atomic E-state index is 0.0730. The van der Waals surface area contributed by atoms with Crippen LogP contribution in [-0.4, -0.2) is 46.2 Å². The first kappa shape index (κ1) is 18.8. The Kier molecular flexibility index (Phi) is 4.98. The molecule has 1 fully saturated rings. The molecule has 30 heavy (non-hydrogen) atoms. The van der Waals surface area contributed by atoms with Crippen molar-refractivity contribution in [1.82, 2.24) is 14.9 Å². The summed E-state index contributed by atoms with van der Waals surface area (Å²) in [5, 5.41) is 10.1. The summed E-state index contributed by atoms with van der Waals surface area (Å²) in [6.07, 6.45) is 0. The van der Waals surface area contributed by atoms with E-state index in [2.05, 4.69) is 14.8 Å². The number of aromatic amines is 1. The van der Waals surface area contributed by atoms with Crippen LogP contribution < -0.4 is 10.5 Å². The molecule has 0 aliphatic carbocycles. The van der Waals surface area contributed by atoms with Gasteiger partial charge < -0.3 is 15.0 Å².